The molecular weight excluding hydrogens is 236 g/mol. The van der Waals surface area contributed by atoms with Gasteiger partial charge in [-0.2, -0.15) is 9.50 Å². The Morgan fingerprint density at radius 2 is 2.17 bits per heavy atom. The van der Waals surface area contributed by atoms with Crippen LogP contribution in [0.4, 0.5) is 11.6 Å². The minimum absolute atomic E-state index is 0.0170. The number of anilines is 1. The largest absolute Gasteiger partial charge is 0.366 e. The molecule has 18 heavy (non-hydrogen) atoms. The summed E-state index contributed by atoms with van der Waals surface area (Å²) in [4.78, 5) is 18.7. The molecule has 0 aliphatic rings. The van der Waals surface area contributed by atoms with E-state index in [2.05, 4.69) is 15.1 Å². The predicted molar refractivity (Wildman–Crippen MR) is 64.1 cm³/mol. The van der Waals surface area contributed by atoms with Crippen LogP contribution in [0.2, 0.25) is 0 Å². The van der Waals surface area contributed by atoms with E-state index >= 15 is 0 Å². The zero-order valence-corrected chi connectivity index (χ0v) is 9.36. The quantitative estimate of drug-likeness (QED) is 0.506. The van der Waals surface area contributed by atoms with Gasteiger partial charge in [0.1, 0.15) is 5.82 Å². The van der Waals surface area contributed by atoms with Gasteiger partial charge >= 0.3 is 0 Å². The maximum Gasteiger partial charge on any atom is 0.270 e. The molecule has 1 aromatic carbocycles. The van der Waals surface area contributed by atoms with E-state index in [1.165, 1.54) is 16.6 Å². The third kappa shape index (κ3) is 1.35. The summed E-state index contributed by atoms with van der Waals surface area (Å²) in [5.74, 6) is 0.731. The second-order valence-electron chi connectivity index (χ2n) is 3.82. The second-order valence-corrected chi connectivity index (χ2v) is 3.82. The summed E-state index contributed by atoms with van der Waals surface area (Å²) in [6, 6.07) is 4.42. The number of hydrogen-bond acceptors (Lipinski definition) is 6. The van der Waals surface area contributed by atoms with Crippen molar-refractivity contribution in [2.75, 3.05) is 5.73 Å². The fourth-order valence-corrected chi connectivity index (χ4v) is 1.86. The topological polar surface area (TPSA) is 112 Å². The standard InChI is InChI=1S/C10H8N6O2/c1-5-12-8-3-2-6(16(17)18)4-7(8)9-13-10(11)14-15(5)9/h2-4H,1H3,(H2,11,14). The number of aryl methyl sites for hydroxylation is 1. The number of hydrogen-bond donors (Lipinski definition) is 1. The molecule has 2 aromatic heterocycles. The average molecular weight is 244 g/mol. The van der Waals surface area contributed by atoms with Crippen molar-refractivity contribution in [1.82, 2.24) is 19.6 Å². The molecule has 0 amide bonds. The second kappa shape index (κ2) is 3.36. The number of nitrogen functional groups attached to an aromatic ring is 1. The highest BCUT2D eigenvalue weighted by Gasteiger charge is 2.13. The van der Waals surface area contributed by atoms with Crippen LogP contribution >= 0.6 is 0 Å². The summed E-state index contributed by atoms with van der Waals surface area (Å²) in [6.45, 7) is 1.77. The molecule has 90 valence electrons. The van der Waals surface area contributed by atoms with Crippen molar-refractivity contribution in [3.63, 3.8) is 0 Å². The Kier molecular flexibility index (Phi) is 1.94. The van der Waals surface area contributed by atoms with Gasteiger partial charge in [0.25, 0.3) is 5.69 Å². The summed E-state index contributed by atoms with van der Waals surface area (Å²) in [6.07, 6.45) is 0. The molecule has 2 heterocycles. The van der Waals surface area contributed by atoms with E-state index in [1.54, 1.807) is 13.0 Å². The van der Waals surface area contributed by atoms with Crippen LogP contribution < -0.4 is 5.73 Å². The van der Waals surface area contributed by atoms with Crippen LogP contribution in [0, 0.1) is 17.0 Å². The van der Waals surface area contributed by atoms with E-state index in [0.717, 1.165) is 0 Å². The van der Waals surface area contributed by atoms with Crippen LogP contribution in [0.1, 0.15) is 5.82 Å². The van der Waals surface area contributed by atoms with Gasteiger partial charge in [-0.15, -0.1) is 5.10 Å². The number of rotatable bonds is 1. The van der Waals surface area contributed by atoms with Gasteiger partial charge in [0, 0.05) is 12.1 Å². The van der Waals surface area contributed by atoms with E-state index in [0.29, 0.717) is 22.4 Å². The number of nitrogens with zero attached hydrogens (tertiary/aromatic N) is 5. The van der Waals surface area contributed by atoms with E-state index in [-0.39, 0.29) is 11.6 Å². The van der Waals surface area contributed by atoms with E-state index < -0.39 is 4.92 Å². The number of nitro groups is 1. The molecule has 8 nitrogen and oxygen atoms in total. The molecule has 0 aliphatic heterocycles. The molecule has 0 aliphatic carbocycles. The van der Waals surface area contributed by atoms with Gasteiger partial charge < -0.3 is 5.73 Å². The Bertz CT molecular complexity index is 794. The Labute approximate surface area is 100 Å². The van der Waals surface area contributed by atoms with Crippen molar-refractivity contribution in [2.45, 2.75) is 6.92 Å². The average Bonchev–Trinajstić information content (AvgIpc) is 2.71. The van der Waals surface area contributed by atoms with E-state index in [9.17, 15) is 10.1 Å². The Balaban J connectivity index is 2.49. The fourth-order valence-electron chi connectivity index (χ4n) is 1.86. The third-order valence-electron chi connectivity index (χ3n) is 2.64. The zero-order chi connectivity index (χ0) is 12.9. The van der Waals surface area contributed by atoms with Gasteiger partial charge in [0.2, 0.25) is 5.95 Å². The zero-order valence-electron chi connectivity index (χ0n) is 9.36. The lowest BCUT2D eigenvalue weighted by molar-refractivity contribution is -0.384. The molecule has 3 aromatic rings. The Morgan fingerprint density at radius 3 is 2.89 bits per heavy atom. The van der Waals surface area contributed by atoms with Crippen LogP contribution in [0.25, 0.3) is 16.6 Å². The lowest BCUT2D eigenvalue weighted by Crippen LogP contribution is -1.99. The molecular formula is C10H8N6O2. The first kappa shape index (κ1) is 10.4. The van der Waals surface area contributed by atoms with Crippen molar-refractivity contribution in [3.8, 4) is 0 Å². The maximum absolute atomic E-state index is 10.8. The molecule has 3 rings (SSSR count). The number of nitro benzene ring substituents is 1. The van der Waals surface area contributed by atoms with Gasteiger partial charge in [-0.05, 0) is 13.0 Å². The van der Waals surface area contributed by atoms with E-state index in [1.807, 2.05) is 0 Å². The van der Waals surface area contributed by atoms with Crippen molar-refractivity contribution in [2.24, 2.45) is 0 Å². The molecule has 2 N–H and O–H groups in total. The summed E-state index contributed by atoms with van der Waals surface area (Å²) in [5, 5.41) is 15.3. The number of aromatic nitrogens is 4. The molecule has 0 saturated heterocycles. The van der Waals surface area contributed by atoms with Gasteiger partial charge in [-0.3, -0.25) is 10.1 Å². The highest BCUT2D eigenvalue weighted by Crippen LogP contribution is 2.23. The smallest absolute Gasteiger partial charge is 0.270 e. The van der Waals surface area contributed by atoms with Crippen molar-refractivity contribution < 1.29 is 4.92 Å². The first-order valence-electron chi connectivity index (χ1n) is 5.13. The Hall–Kier alpha value is -2.77. The first-order valence-corrected chi connectivity index (χ1v) is 5.13. The monoisotopic (exact) mass is 244 g/mol. The van der Waals surface area contributed by atoms with Gasteiger partial charge in [-0.25, -0.2) is 4.98 Å². The summed E-state index contributed by atoms with van der Waals surface area (Å²) in [7, 11) is 0. The van der Waals surface area contributed by atoms with Crippen LogP contribution in [-0.4, -0.2) is 24.5 Å². The molecule has 0 spiro atoms. The number of non-ortho nitro benzene ring substituents is 1. The predicted octanol–water partition coefficient (Wildman–Crippen LogP) is 1.08. The van der Waals surface area contributed by atoms with Gasteiger partial charge in [0.15, 0.2) is 5.65 Å². The molecule has 0 atom stereocenters. The molecule has 8 heteroatoms. The van der Waals surface area contributed by atoms with Crippen LogP contribution in [-0.2, 0) is 0 Å². The van der Waals surface area contributed by atoms with Crippen molar-refractivity contribution in [3.05, 3.63) is 34.1 Å². The van der Waals surface area contributed by atoms with Crippen LogP contribution in [0.5, 0.6) is 0 Å². The minimum atomic E-state index is -0.463. The summed E-state index contributed by atoms with van der Waals surface area (Å²) in [5.41, 5.74) is 6.62. The lowest BCUT2D eigenvalue weighted by Gasteiger charge is -2.02. The number of benzene rings is 1. The summed E-state index contributed by atoms with van der Waals surface area (Å²) >= 11 is 0. The SMILES string of the molecule is Cc1nc2ccc([N+](=O)[O-])cc2c2nc(N)nn12. The lowest BCUT2D eigenvalue weighted by atomic mass is 10.2. The normalized spacial score (nSPS) is 11.2. The van der Waals surface area contributed by atoms with Gasteiger partial charge in [0.05, 0.1) is 15.8 Å². The summed E-state index contributed by atoms with van der Waals surface area (Å²) < 4.78 is 1.47. The van der Waals surface area contributed by atoms with E-state index in [4.69, 9.17) is 5.73 Å². The molecule has 0 radical (unpaired) electrons. The number of nitrogens with two attached hydrogens (primary N) is 1. The Morgan fingerprint density at radius 1 is 1.39 bits per heavy atom. The highest BCUT2D eigenvalue weighted by molar-refractivity contribution is 5.93. The fraction of sp³-hybridized carbons (Fsp3) is 0.100. The molecule has 0 saturated carbocycles. The van der Waals surface area contributed by atoms with Gasteiger partial charge in [-0.1, -0.05) is 0 Å². The maximum atomic E-state index is 10.8. The highest BCUT2D eigenvalue weighted by atomic mass is 16.6. The molecule has 0 unspecified atom stereocenters. The number of fused-ring (bicyclic) bond motifs is 3. The molecule has 0 bridgehead atoms. The minimum Gasteiger partial charge on any atom is -0.366 e. The van der Waals surface area contributed by atoms with Crippen LogP contribution in [0.15, 0.2) is 18.2 Å². The van der Waals surface area contributed by atoms with Crippen molar-refractivity contribution in [1.29, 1.82) is 0 Å². The third-order valence-corrected chi connectivity index (χ3v) is 2.64. The molecule has 0 fully saturated rings. The van der Waals surface area contributed by atoms with Crippen LogP contribution in [0.3, 0.4) is 0 Å². The van der Waals surface area contributed by atoms with Crippen molar-refractivity contribution >= 4 is 28.2 Å². The first-order chi connectivity index (χ1) is 8.56.